The summed E-state index contributed by atoms with van der Waals surface area (Å²) in [5.74, 6) is 0.779. The number of aromatic nitrogens is 2. The second kappa shape index (κ2) is 6.22. The maximum Gasteiger partial charge on any atom is 0.274 e. The summed E-state index contributed by atoms with van der Waals surface area (Å²) in [7, 11) is 1.63. The van der Waals surface area contributed by atoms with Crippen molar-refractivity contribution in [2.75, 3.05) is 13.7 Å². The lowest BCUT2D eigenvalue weighted by atomic mass is 10.0. The highest BCUT2D eigenvalue weighted by molar-refractivity contribution is 5.93. The first-order chi connectivity index (χ1) is 11.2. The molecule has 2 aromatic carbocycles. The van der Waals surface area contributed by atoms with E-state index in [1.807, 2.05) is 55.5 Å². The van der Waals surface area contributed by atoms with Gasteiger partial charge in [-0.3, -0.25) is 4.79 Å². The third kappa shape index (κ3) is 2.71. The van der Waals surface area contributed by atoms with Crippen molar-refractivity contribution in [2.24, 2.45) is 5.73 Å². The minimum Gasteiger partial charge on any atom is -0.497 e. The standard InChI is InChI=1S/C18H19N3O2/c1-12(11-19)21-18(22)16-6-4-3-5-15(16)17(20-21)13-7-9-14(23-2)10-8-13/h3-10,12H,11,19H2,1-2H3. The van der Waals surface area contributed by atoms with Gasteiger partial charge in [-0.1, -0.05) is 18.2 Å². The van der Waals surface area contributed by atoms with E-state index in [0.717, 1.165) is 22.4 Å². The molecule has 0 bridgehead atoms. The van der Waals surface area contributed by atoms with Gasteiger partial charge >= 0.3 is 0 Å². The summed E-state index contributed by atoms with van der Waals surface area (Å²) in [6.45, 7) is 2.24. The largest absolute Gasteiger partial charge is 0.497 e. The van der Waals surface area contributed by atoms with Gasteiger partial charge in [0.1, 0.15) is 5.75 Å². The van der Waals surface area contributed by atoms with Crippen molar-refractivity contribution in [3.8, 4) is 17.0 Å². The van der Waals surface area contributed by atoms with E-state index in [2.05, 4.69) is 5.10 Å². The molecular weight excluding hydrogens is 290 g/mol. The van der Waals surface area contributed by atoms with Gasteiger partial charge in [-0.2, -0.15) is 5.10 Å². The number of nitrogens with zero attached hydrogens (tertiary/aromatic N) is 2. The van der Waals surface area contributed by atoms with Gasteiger partial charge in [-0.15, -0.1) is 0 Å². The van der Waals surface area contributed by atoms with Crippen LogP contribution < -0.4 is 16.0 Å². The summed E-state index contributed by atoms with van der Waals surface area (Å²) in [6, 6.07) is 15.0. The molecule has 0 saturated heterocycles. The van der Waals surface area contributed by atoms with Gasteiger partial charge in [0, 0.05) is 17.5 Å². The Kier molecular flexibility index (Phi) is 4.12. The Morgan fingerprint density at radius 2 is 1.78 bits per heavy atom. The van der Waals surface area contributed by atoms with Crippen molar-refractivity contribution < 1.29 is 4.74 Å². The molecule has 5 nitrogen and oxygen atoms in total. The van der Waals surface area contributed by atoms with E-state index in [1.165, 1.54) is 4.68 Å². The number of fused-ring (bicyclic) bond motifs is 1. The van der Waals surface area contributed by atoms with Crippen molar-refractivity contribution in [1.29, 1.82) is 0 Å². The molecule has 0 aliphatic carbocycles. The van der Waals surface area contributed by atoms with Crippen LogP contribution in [0.15, 0.2) is 53.3 Å². The van der Waals surface area contributed by atoms with Crippen molar-refractivity contribution in [3.63, 3.8) is 0 Å². The van der Waals surface area contributed by atoms with E-state index < -0.39 is 0 Å². The minimum absolute atomic E-state index is 0.115. The number of hydrogen-bond acceptors (Lipinski definition) is 4. The van der Waals surface area contributed by atoms with Crippen molar-refractivity contribution in [3.05, 3.63) is 58.9 Å². The van der Waals surface area contributed by atoms with Gasteiger partial charge in [0.2, 0.25) is 0 Å². The van der Waals surface area contributed by atoms with Crippen LogP contribution in [-0.2, 0) is 0 Å². The molecule has 0 spiro atoms. The van der Waals surface area contributed by atoms with E-state index in [9.17, 15) is 4.79 Å². The van der Waals surface area contributed by atoms with Crippen LogP contribution >= 0.6 is 0 Å². The van der Waals surface area contributed by atoms with Crippen LogP contribution in [0.5, 0.6) is 5.75 Å². The second-order valence-corrected chi connectivity index (χ2v) is 5.46. The fraction of sp³-hybridized carbons (Fsp3) is 0.222. The van der Waals surface area contributed by atoms with Crippen LogP contribution in [-0.4, -0.2) is 23.4 Å². The van der Waals surface area contributed by atoms with Crippen LogP contribution in [0.4, 0.5) is 0 Å². The lowest BCUT2D eigenvalue weighted by molar-refractivity contribution is 0.415. The lowest BCUT2D eigenvalue weighted by Gasteiger charge is -2.15. The molecule has 5 heteroatoms. The Morgan fingerprint density at radius 3 is 2.39 bits per heavy atom. The highest BCUT2D eigenvalue weighted by atomic mass is 16.5. The molecule has 2 N–H and O–H groups in total. The Morgan fingerprint density at radius 1 is 1.13 bits per heavy atom. The fourth-order valence-electron chi connectivity index (χ4n) is 2.57. The van der Waals surface area contributed by atoms with Gasteiger partial charge in [-0.25, -0.2) is 4.68 Å². The number of nitrogens with two attached hydrogens (primary N) is 1. The van der Waals surface area contributed by atoms with Crippen molar-refractivity contribution in [2.45, 2.75) is 13.0 Å². The zero-order chi connectivity index (χ0) is 16.4. The molecule has 23 heavy (non-hydrogen) atoms. The van der Waals surface area contributed by atoms with Crippen LogP contribution in [0.3, 0.4) is 0 Å². The summed E-state index contributed by atoms with van der Waals surface area (Å²) >= 11 is 0. The molecule has 1 heterocycles. The zero-order valence-corrected chi connectivity index (χ0v) is 13.2. The van der Waals surface area contributed by atoms with E-state index >= 15 is 0 Å². The fourth-order valence-corrected chi connectivity index (χ4v) is 2.57. The Balaban J connectivity index is 2.30. The predicted octanol–water partition coefficient (Wildman–Crippen LogP) is 2.59. The normalized spacial score (nSPS) is 12.3. The molecule has 0 radical (unpaired) electrons. The predicted molar refractivity (Wildman–Crippen MR) is 91.8 cm³/mol. The first kappa shape index (κ1) is 15.2. The average Bonchev–Trinajstić information content (AvgIpc) is 2.62. The number of ether oxygens (including phenoxy) is 1. The van der Waals surface area contributed by atoms with Crippen LogP contribution in [0.25, 0.3) is 22.0 Å². The molecule has 0 amide bonds. The SMILES string of the molecule is COc1ccc(-c2nn(C(C)CN)c(=O)c3ccccc23)cc1. The van der Waals surface area contributed by atoms with E-state index in [1.54, 1.807) is 7.11 Å². The molecule has 3 rings (SSSR count). The van der Waals surface area contributed by atoms with Gasteiger partial charge < -0.3 is 10.5 Å². The monoisotopic (exact) mass is 309 g/mol. The third-order valence-electron chi connectivity index (χ3n) is 3.95. The molecule has 118 valence electrons. The highest BCUT2D eigenvalue weighted by Gasteiger charge is 2.14. The molecule has 0 aliphatic rings. The van der Waals surface area contributed by atoms with Crippen molar-refractivity contribution >= 4 is 10.8 Å². The quantitative estimate of drug-likeness (QED) is 0.804. The molecule has 1 aromatic heterocycles. The summed E-state index contributed by atoms with van der Waals surface area (Å²) in [4.78, 5) is 12.6. The third-order valence-corrected chi connectivity index (χ3v) is 3.95. The lowest BCUT2D eigenvalue weighted by Crippen LogP contribution is -2.30. The molecule has 0 aliphatic heterocycles. The number of rotatable bonds is 4. The van der Waals surface area contributed by atoms with Crippen LogP contribution in [0.1, 0.15) is 13.0 Å². The minimum atomic E-state index is -0.163. The number of hydrogen-bond donors (Lipinski definition) is 1. The van der Waals surface area contributed by atoms with Crippen LogP contribution in [0.2, 0.25) is 0 Å². The summed E-state index contributed by atoms with van der Waals surface area (Å²) in [5, 5.41) is 6.06. The molecule has 1 atom stereocenters. The average molecular weight is 309 g/mol. The maximum atomic E-state index is 12.6. The molecule has 1 unspecified atom stereocenters. The number of benzene rings is 2. The molecular formula is C18H19N3O2. The maximum absolute atomic E-state index is 12.6. The number of methoxy groups -OCH3 is 1. The van der Waals surface area contributed by atoms with Crippen LogP contribution in [0, 0.1) is 0 Å². The highest BCUT2D eigenvalue weighted by Crippen LogP contribution is 2.26. The first-order valence-electron chi connectivity index (χ1n) is 7.51. The smallest absolute Gasteiger partial charge is 0.274 e. The first-order valence-corrected chi connectivity index (χ1v) is 7.51. The molecule has 0 saturated carbocycles. The van der Waals surface area contributed by atoms with Gasteiger partial charge in [0.25, 0.3) is 5.56 Å². The Labute approximate surface area is 134 Å². The summed E-state index contributed by atoms with van der Waals surface area (Å²) < 4.78 is 6.67. The zero-order valence-electron chi connectivity index (χ0n) is 13.2. The van der Waals surface area contributed by atoms with Gasteiger partial charge in [-0.05, 0) is 37.3 Å². The van der Waals surface area contributed by atoms with E-state index in [4.69, 9.17) is 10.5 Å². The van der Waals surface area contributed by atoms with E-state index in [0.29, 0.717) is 11.9 Å². The summed E-state index contributed by atoms with van der Waals surface area (Å²) in [6.07, 6.45) is 0. The van der Waals surface area contributed by atoms with E-state index in [-0.39, 0.29) is 11.6 Å². The molecule has 3 aromatic rings. The Hall–Kier alpha value is -2.66. The second-order valence-electron chi connectivity index (χ2n) is 5.46. The molecule has 0 fully saturated rings. The van der Waals surface area contributed by atoms with Gasteiger partial charge in [0.05, 0.1) is 24.2 Å². The topological polar surface area (TPSA) is 70.1 Å². The van der Waals surface area contributed by atoms with Gasteiger partial charge in [0.15, 0.2) is 0 Å². The Bertz CT molecular complexity index is 885. The summed E-state index contributed by atoms with van der Waals surface area (Å²) in [5.41, 5.74) is 7.31. The van der Waals surface area contributed by atoms with Crippen molar-refractivity contribution in [1.82, 2.24) is 9.78 Å².